The SMILES string of the molecule is NC1CCCCC1NC(=O)NC1CCCC1C(=O)O. The van der Waals surface area contributed by atoms with Crippen molar-refractivity contribution in [2.24, 2.45) is 11.7 Å². The van der Waals surface area contributed by atoms with Crippen molar-refractivity contribution in [1.29, 1.82) is 0 Å². The smallest absolute Gasteiger partial charge is 0.315 e. The van der Waals surface area contributed by atoms with Crippen LogP contribution in [-0.4, -0.2) is 35.2 Å². The number of carbonyl (C=O) groups excluding carboxylic acids is 1. The van der Waals surface area contributed by atoms with Gasteiger partial charge in [-0.1, -0.05) is 19.3 Å². The predicted molar refractivity (Wildman–Crippen MR) is 70.7 cm³/mol. The first-order valence-corrected chi connectivity index (χ1v) is 7.13. The molecule has 2 rings (SSSR count). The quantitative estimate of drug-likeness (QED) is 0.608. The number of urea groups is 1. The van der Waals surface area contributed by atoms with Gasteiger partial charge in [0.25, 0.3) is 0 Å². The summed E-state index contributed by atoms with van der Waals surface area (Å²) in [5, 5.41) is 14.7. The molecule has 2 amide bonds. The van der Waals surface area contributed by atoms with Gasteiger partial charge in [0.1, 0.15) is 0 Å². The summed E-state index contributed by atoms with van der Waals surface area (Å²) < 4.78 is 0. The van der Waals surface area contributed by atoms with Gasteiger partial charge in [0.2, 0.25) is 0 Å². The minimum atomic E-state index is -0.822. The van der Waals surface area contributed by atoms with Crippen molar-refractivity contribution in [3.8, 4) is 0 Å². The molecule has 2 aliphatic rings. The van der Waals surface area contributed by atoms with Gasteiger partial charge >= 0.3 is 12.0 Å². The maximum absolute atomic E-state index is 11.9. The summed E-state index contributed by atoms with van der Waals surface area (Å²) in [5.74, 6) is -1.28. The van der Waals surface area contributed by atoms with Gasteiger partial charge in [-0.2, -0.15) is 0 Å². The van der Waals surface area contributed by atoms with Crippen molar-refractivity contribution in [2.45, 2.75) is 63.1 Å². The second-order valence-electron chi connectivity index (χ2n) is 5.65. The van der Waals surface area contributed by atoms with Crippen molar-refractivity contribution >= 4 is 12.0 Å². The highest BCUT2D eigenvalue weighted by Crippen LogP contribution is 2.25. The summed E-state index contributed by atoms with van der Waals surface area (Å²) in [6, 6.07) is -0.505. The van der Waals surface area contributed by atoms with E-state index in [1.165, 1.54) is 0 Å². The molecule has 0 aromatic heterocycles. The molecule has 2 fully saturated rings. The molecule has 0 aromatic carbocycles. The minimum Gasteiger partial charge on any atom is -0.481 e. The van der Waals surface area contributed by atoms with E-state index in [1.807, 2.05) is 0 Å². The molecule has 19 heavy (non-hydrogen) atoms. The Morgan fingerprint density at radius 2 is 1.58 bits per heavy atom. The fourth-order valence-corrected chi connectivity index (χ4v) is 3.15. The van der Waals surface area contributed by atoms with E-state index in [4.69, 9.17) is 10.8 Å². The molecule has 0 radical (unpaired) electrons. The number of hydrogen-bond donors (Lipinski definition) is 4. The number of rotatable bonds is 3. The Kier molecular flexibility index (Phi) is 4.63. The second kappa shape index (κ2) is 6.23. The van der Waals surface area contributed by atoms with Gasteiger partial charge in [-0.25, -0.2) is 4.79 Å². The zero-order chi connectivity index (χ0) is 13.8. The van der Waals surface area contributed by atoms with Crippen molar-refractivity contribution < 1.29 is 14.7 Å². The average Bonchev–Trinajstić information content (AvgIpc) is 2.80. The summed E-state index contributed by atoms with van der Waals surface area (Å²) in [5.41, 5.74) is 5.97. The van der Waals surface area contributed by atoms with Gasteiger partial charge in [0.15, 0.2) is 0 Å². The van der Waals surface area contributed by atoms with Gasteiger partial charge in [-0.15, -0.1) is 0 Å². The van der Waals surface area contributed by atoms with Crippen LogP contribution in [0.2, 0.25) is 0 Å². The molecule has 6 nitrogen and oxygen atoms in total. The van der Waals surface area contributed by atoms with Crippen LogP contribution in [0.15, 0.2) is 0 Å². The lowest BCUT2D eigenvalue weighted by Crippen LogP contribution is -2.54. The number of carboxylic acids is 1. The Morgan fingerprint density at radius 3 is 2.26 bits per heavy atom. The predicted octanol–water partition coefficient (Wildman–Crippen LogP) is 0.809. The van der Waals surface area contributed by atoms with Crippen LogP contribution < -0.4 is 16.4 Å². The first-order chi connectivity index (χ1) is 9.08. The largest absolute Gasteiger partial charge is 0.481 e. The van der Waals surface area contributed by atoms with Gasteiger partial charge in [0.05, 0.1) is 5.92 Å². The molecule has 0 bridgehead atoms. The van der Waals surface area contributed by atoms with E-state index in [-0.39, 0.29) is 24.2 Å². The first kappa shape index (κ1) is 14.1. The number of nitrogens with one attached hydrogen (secondary N) is 2. The monoisotopic (exact) mass is 269 g/mol. The topological polar surface area (TPSA) is 104 Å². The normalized spacial score (nSPS) is 34.8. The number of carboxylic acid groups (broad SMARTS) is 1. The lowest BCUT2D eigenvalue weighted by Gasteiger charge is -2.30. The molecular formula is C13H23N3O3. The van der Waals surface area contributed by atoms with E-state index in [2.05, 4.69) is 10.6 Å². The summed E-state index contributed by atoms with van der Waals surface area (Å²) in [4.78, 5) is 23.0. The van der Waals surface area contributed by atoms with Crippen molar-refractivity contribution in [1.82, 2.24) is 10.6 Å². The van der Waals surface area contributed by atoms with Crippen molar-refractivity contribution in [3.05, 3.63) is 0 Å². The van der Waals surface area contributed by atoms with Crippen LogP contribution in [0.3, 0.4) is 0 Å². The van der Waals surface area contributed by atoms with E-state index in [9.17, 15) is 9.59 Å². The lowest BCUT2D eigenvalue weighted by molar-refractivity contribution is -0.142. The third-order valence-corrected chi connectivity index (χ3v) is 4.29. The molecule has 0 aromatic rings. The van der Waals surface area contributed by atoms with E-state index < -0.39 is 11.9 Å². The van der Waals surface area contributed by atoms with Crippen LogP contribution in [0.1, 0.15) is 44.9 Å². The zero-order valence-electron chi connectivity index (χ0n) is 11.1. The molecule has 0 saturated heterocycles. The Morgan fingerprint density at radius 1 is 0.947 bits per heavy atom. The van der Waals surface area contributed by atoms with Gasteiger partial charge in [0, 0.05) is 18.1 Å². The summed E-state index contributed by atoms with van der Waals surface area (Å²) in [7, 11) is 0. The van der Waals surface area contributed by atoms with Crippen molar-refractivity contribution in [2.75, 3.05) is 0 Å². The third kappa shape index (κ3) is 3.59. The fraction of sp³-hybridized carbons (Fsp3) is 0.846. The standard InChI is InChI=1S/C13H23N3O3/c14-9-5-1-2-6-11(9)16-13(19)15-10-7-3-4-8(10)12(17)18/h8-11H,1-7,14H2,(H,17,18)(H2,15,16,19). The van der Waals surface area contributed by atoms with E-state index in [0.29, 0.717) is 6.42 Å². The molecule has 4 atom stereocenters. The molecule has 108 valence electrons. The van der Waals surface area contributed by atoms with Gasteiger partial charge < -0.3 is 21.5 Å². The van der Waals surface area contributed by atoms with Crippen LogP contribution in [-0.2, 0) is 4.79 Å². The summed E-state index contributed by atoms with van der Waals surface area (Å²) in [6.45, 7) is 0. The molecule has 0 heterocycles. The van der Waals surface area contributed by atoms with Crippen LogP contribution in [0.25, 0.3) is 0 Å². The molecule has 2 saturated carbocycles. The number of nitrogens with two attached hydrogens (primary N) is 1. The number of carbonyl (C=O) groups is 2. The fourth-order valence-electron chi connectivity index (χ4n) is 3.15. The molecule has 0 spiro atoms. The Labute approximate surface area is 113 Å². The third-order valence-electron chi connectivity index (χ3n) is 4.29. The molecule has 5 N–H and O–H groups in total. The molecule has 2 aliphatic carbocycles. The summed E-state index contributed by atoms with van der Waals surface area (Å²) in [6.07, 6.45) is 6.27. The average molecular weight is 269 g/mol. The molecular weight excluding hydrogens is 246 g/mol. The van der Waals surface area contributed by atoms with Crippen LogP contribution in [0, 0.1) is 5.92 Å². The summed E-state index contributed by atoms with van der Waals surface area (Å²) >= 11 is 0. The van der Waals surface area contributed by atoms with Crippen LogP contribution in [0.4, 0.5) is 4.79 Å². The maximum atomic E-state index is 11.9. The highest BCUT2D eigenvalue weighted by atomic mass is 16.4. The highest BCUT2D eigenvalue weighted by molar-refractivity contribution is 5.77. The maximum Gasteiger partial charge on any atom is 0.315 e. The van der Waals surface area contributed by atoms with E-state index in [0.717, 1.165) is 38.5 Å². The van der Waals surface area contributed by atoms with Crippen molar-refractivity contribution in [3.63, 3.8) is 0 Å². The zero-order valence-corrected chi connectivity index (χ0v) is 11.1. The second-order valence-corrected chi connectivity index (χ2v) is 5.65. The first-order valence-electron chi connectivity index (χ1n) is 7.13. The Balaban J connectivity index is 1.82. The molecule has 6 heteroatoms. The Hall–Kier alpha value is -1.30. The molecule has 0 aliphatic heterocycles. The van der Waals surface area contributed by atoms with Crippen LogP contribution in [0.5, 0.6) is 0 Å². The van der Waals surface area contributed by atoms with Gasteiger partial charge in [-0.3, -0.25) is 4.79 Å². The minimum absolute atomic E-state index is 0.0124. The number of hydrogen-bond acceptors (Lipinski definition) is 3. The van der Waals surface area contributed by atoms with Gasteiger partial charge in [-0.05, 0) is 25.7 Å². The molecule has 4 unspecified atom stereocenters. The lowest BCUT2D eigenvalue weighted by atomic mass is 9.91. The van der Waals surface area contributed by atoms with E-state index in [1.54, 1.807) is 0 Å². The van der Waals surface area contributed by atoms with Crippen LogP contribution >= 0.6 is 0 Å². The number of aliphatic carboxylic acids is 1. The number of amides is 2. The van der Waals surface area contributed by atoms with E-state index >= 15 is 0 Å². The Bertz CT molecular complexity index is 348. The highest BCUT2D eigenvalue weighted by Gasteiger charge is 2.34.